The van der Waals surface area contributed by atoms with Crippen molar-refractivity contribution in [2.75, 3.05) is 13.3 Å². The van der Waals surface area contributed by atoms with Crippen LogP contribution in [0.1, 0.15) is 43.2 Å². The van der Waals surface area contributed by atoms with Crippen molar-refractivity contribution >= 4 is 34.0 Å². The largest absolute Gasteiger partial charge is 0.319 e. The number of aromatic nitrogens is 3. The molecule has 1 saturated carbocycles. The predicted molar refractivity (Wildman–Crippen MR) is 251 cm³/mol. The molecule has 9 aromatic rings. The molecule has 60 heavy (non-hydrogen) atoms. The monoisotopic (exact) mass is 795 g/mol. The first-order valence-electron chi connectivity index (χ1n) is 21.0. The molecule has 1 aliphatic rings. The Bertz CT molecular complexity index is 3040. The summed E-state index contributed by atoms with van der Waals surface area (Å²) in [5.41, 5.74) is 10.1. The quantitative estimate of drug-likeness (QED) is 0.144. The number of hydrogen-bond acceptors (Lipinski definition) is 4. The summed E-state index contributed by atoms with van der Waals surface area (Å²) in [7, 11) is -2.43. The van der Waals surface area contributed by atoms with Gasteiger partial charge >= 0.3 is 0 Å². The Morgan fingerprint density at radius 3 is 1.53 bits per heavy atom. The molecule has 0 spiro atoms. The van der Waals surface area contributed by atoms with E-state index >= 15 is 0 Å². The van der Waals surface area contributed by atoms with Crippen molar-refractivity contribution in [1.29, 1.82) is 0 Å². The molecule has 10 rings (SSSR count). The average molecular weight is 796 g/mol. The Hall–Kier alpha value is -6.48. The van der Waals surface area contributed by atoms with Gasteiger partial charge in [-0.2, -0.15) is 0 Å². The van der Waals surface area contributed by atoms with Gasteiger partial charge in [0.1, 0.15) is 7.14 Å². The Morgan fingerprint density at radius 2 is 0.900 bits per heavy atom. The van der Waals surface area contributed by atoms with Gasteiger partial charge in [0.15, 0.2) is 17.5 Å². The molecule has 4 nitrogen and oxygen atoms in total. The second kappa shape index (κ2) is 15.6. The third-order valence-corrected chi connectivity index (χ3v) is 14.1. The zero-order valence-electron chi connectivity index (χ0n) is 34.1. The molecule has 1 fully saturated rings. The first kappa shape index (κ1) is 37.8. The minimum Gasteiger partial charge on any atom is -0.319 e. The van der Waals surface area contributed by atoms with Crippen LogP contribution >= 0.6 is 7.14 Å². The second-order valence-corrected chi connectivity index (χ2v) is 19.8. The molecule has 0 radical (unpaired) electrons. The Labute approximate surface area is 352 Å². The molecule has 1 aromatic heterocycles. The zero-order chi connectivity index (χ0) is 40.7. The highest BCUT2D eigenvalue weighted by molar-refractivity contribution is 7.70. The van der Waals surface area contributed by atoms with Crippen LogP contribution in [0.15, 0.2) is 182 Å². The molecule has 0 amide bonds. The lowest BCUT2D eigenvalue weighted by molar-refractivity contribution is 0.346. The molecule has 292 valence electrons. The Kier molecular flexibility index (Phi) is 9.82. The summed E-state index contributed by atoms with van der Waals surface area (Å²) in [6, 6.07) is 64.6. The second-order valence-electron chi connectivity index (χ2n) is 16.6. The summed E-state index contributed by atoms with van der Waals surface area (Å²) >= 11 is 0. The van der Waals surface area contributed by atoms with Crippen molar-refractivity contribution in [3.63, 3.8) is 0 Å². The summed E-state index contributed by atoms with van der Waals surface area (Å²) in [6.45, 7) is 3.71. The summed E-state index contributed by atoms with van der Waals surface area (Å²) in [5, 5.41) is 5.49. The Morgan fingerprint density at radius 1 is 0.417 bits per heavy atom. The molecule has 0 unspecified atom stereocenters. The maximum atomic E-state index is 13.2. The lowest BCUT2D eigenvalue weighted by Crippen LogP contribution is -2.30. The van der Waals surface area contributed by atoms with E-state index in [-0.39, 0.29) is 5.41 Å². The molecule has 1 heterocycles. The van der Waals surface area contributed by atoms with E-state index in [1.165, 1.54) is 52.5 Å². The van der Waals surface area contributed by atoms with Crippen LogP contribution in [0.5, 0.6) is 0 Å². The fourth-order valence-corrected chi connectivity index (χ4v) is 10.6. The normalized spacial score (nSPS) is 14.0. The average Bonchev–Trinajstić information content (AvgIpc) is 3.31. The standard InChI is InChI=1S/C55H46N3OP/c1-60(2,59)51-34-33-48(49-17-9-10-18-50(49)51)41-25-29-46(30-26-41)55(35-11-4-12-36-55)47-31-27-43(28-32-47)53-56-52(42-22-19-40(20-23-42)38-13-5-3-6-14-38)57-54(58-53)45-24-21-39-15-7-8-16-44(39)37-45/h3,5-10,13-34,37H,4,11-12,35-36H2,1-2H3. The van der Waals surface area contributed by atoms with Gasteiger partial charge in [0.2, 0.25) is 0 Å². The van der Waals surface area contributed by atoms with E-state index in [9.17, 15) is 4.57 Å². The SMILES string of the molecule is CP(C)(=O)c1ccc(-c2ccc(C3(c4ccc(-c5nc(-c6ccc(-c7ccccc7)cc6)nc(-c6ccc7ccccc7c6)n5)cc4)CCCCC3)cc2)c2ccccc12. The molecule has 1 aliphatic carbocycles. The molecular formula is C55H46N3OP. The maximum Gasteiger partial charge on any atom is 0.164 e. The van der Waals surface area contributed by atoms with Gasteiger partial charge < -0.3 is 4.57 Å². The van der Waals surface area contributed by atoms with Gasteiger partial charge in [-0.3, -0.25) is 0 Å². The first-order chi connectivity index (χ1) is 29.3. The zero-order valence-corrected chi connectivity index (χ0v) is 34.9. The van der Waals surface area contributed by atoms with Crippen molar-refractivity contribution in [2.24, 2.45) is 0 Å². The molecule has 8 aromatic carbocycles. The van der Waals surface area contributed by atoms with Crippen molar-refractivity contribution in [3.8, 4) is 56.4 Å². The summed E-state index contributed by atoms with van der Waals surface area (Å²) in [5.74, 6) is 1.96. The van der Waals surface area contributed by atoms with Gasteiger partial charge in [-0.1, -0.05) is 195 Å². The third-order valence-electron chi connectivity index (χ3n) is 12.5. The van der Waals surface area contributed by atoms with E-state index in [4.69, 9.17) is 15.0 Å². The summed E-state index contributed by atoms with van der Waals surface area (Å²) in [4.78, 5) is 15.3. The first-order valence-corrected chi connectivity index (χ1v) is 23.6. The molecule has 5 heteroatoms. The van der Waals surface area contributed by atoms with Gasteiger partial charge in [0.05, 0.1) is 0 Å². The third kappa shape index (κ3) is 7.16. The fourth-order valence-electron chi connectivity index (χ4n) is 9.34. The smallest absolute Gasteiger partial charge is 0.164 e. The number of hydrogen-bond donors (Lipinski definition) is 0. The highest BCUT2D eigenvalue weighted by atomic mass is 31.2. The lowest BCUT2D eigenvalue weighted by Gasteiger charge is -2.39. The summed E-state index contributed by atoms with van der Waals surface area (Å²) in [6.07, 6.45) is 5.85. The molecule has 0 aliphatic heterocycles. The maximum absolute atomic E-state index is 13.2. The van der Waals surface area contributed by atoms with E-state index in [1.807, 2.05) is 25.5 Å². The van der Waals surface area contributed by atoms with E-state index < -0.39 is 7.14 Å². The Balaban J connectivity index is 1.02. The molecule has 0 atom stereocenters. The van der Waals surface area contributed by atoms with Gasteiger partial charge in [-0.15, -0.1) is 0 Å². The van der Waals surface area contributed by atoms with Crippen LogP contribution < -0.4 is 5.30 Å². The highest BCUT2D eigenvalue weighted by Gasteiger charge is 2.36. The van der Waals surface area contributed by atoms with Crippen molar-refractivity contribution in [1.82, 2.24) is 15.0 Å². The topological polar surface area (TPSA) is 55.7 Å². The molecule has 0 saturated heterocycles. The van der Waals surface area contributed by atoms with Gasteiger partial charge in [-0.25, -0.2) is 15.0 Å². The van der Waals surface area contributed by atoms with Gasteiger partial charge in [-0.05, 0) is 87.2 Å². The number of rotatable bonds is 8. The predicted octanol–water partition coefficient (Wildman–Crippen LogP) is 14.0. The van der Waals surface area contributed by atoms with E-state index in [0.29, 0.717) is 17.5 Å². The van der Waals surface area contributed by atoms with Crippen LogP contribution in [0.2, 0.25) is 0 Å². The van der Waals surface area contributed by atoms with Crippen LogP contribution in [0.25, 0.3) is 78.0 Å². The van der Waals surface area contributed by atoms with E-state index in [0.717, 1.165) is 56.6 Å². The van der Waals surface area contributed by atoms with E-state index in [1.54, 1.807) is 0 Å². The van der Waals surface area contributed by atoms with E-state index in [2.05, 4.69) is 170 Å². The lowest BCUT2D eigenvalue weighted by atomic mass is 9.65. The minimum absolute atomic E-state index is 0.0840. The molecule has 0 N–H and O–H groups in total. The van der Waals surface area contributed by atoms with Crippen LogP contribution in [-0.4, -0.2) is 28.3 Å². The molecule has 0 bridgehead atoms. The van der Waals surface area contributed by atoms with Crippen LogP contribution in [0, 0.1) is 0 Å². The van der Waals surface area contributed by atoms with Crippen LogP contribution in [0.4, 0.5) is 0 Å². The fraction of sp³-hybridized carbons (Fsp3) is 0.145. The van der Waals surface area contributed by atoms with Crippen molar-refractivity contribution in [2.45, 2.75) is 37.5 Å². The molecular weight excluding hydrogens is 750 g/mol. The number of nitrogens with zero attached hydrogens (tertiary/aromatic N) is 3. The number of benzene rings is 8. The van der Waals surface area contributed by atoms with Crippen LogP contribution in [-0.2, 0) is 9.98 Å². The minimum atomic E-state index is -2.43. The van der Waals surface area contributed by atoms with Crippen LogP contribution in [0.3, 0.4) is 0 Å². The van der Waals surface area contributed by atoms with Crippen molar-refractivity contribution < 1.29 is 4.57 Å². The summed E-state index contributed by atoms with van der Waals surface area (Å²) < 4.78 is 13.2. The highest BCUT2D eigenvalue weighted by Crippen LogP contribution is 2.46. The van der Waals surface area contributed by atoms with Gasteiger partial charge in [0, 0.05) is 27.4 Å². The number of fused-ring (bicyclic) bond motifs is 2. The van der Waals surface area contributed by atoms with Gasteiger partial charge in [0.25, 0.3) is 0 Å². The van der Waals surface area contributed by atoms with Crippen molar-refractivity contribution in [3.05, 3.63) is 193 Å².